The second-order valence-corrected chi connectivity index (χ2v) is 8.51. The quantitative estimate of drug-likeness (QED) is 0.612. The molecule has 144 valence electrons. The molecule has 0 spiro atoms. The highest BCUT2D eigenvalue weighted by Gasteiger charge is 2.29. The number of hydrogen-bond donors (Lipinski definition) is 2. The average Bonchev–Trinajstić information content (AvgIpc) is 2.74. The van der Waals surface area contributed by atoms with Crippen molar-refractivity contribution < 1.29 is 24.0 Å². The second kappa shape index (κ2) is 8.50. The molecule has 2 aliphatic rings. The molecular weight excluding hydrogens is 352 g/mol. The molecule has 0 radical (unpaired) electrons. The lowest BCUT2D eigenvalue weighted by Crippen LogP contribution is -3.16. The molecule has 1 fully saturated rings. The number of morpholine rings is 1. The number of aryl methyl sites for hydroxylation is 1. The van der Waals surface area contributed by atoms with Crippen LogP contribution in [0.15, 0.2) is 0 Å². The van der Waals surface area contributed by atoms with Crippen LogP contribution in [0.1, 0.15) is 53.9 Å². The smallest absolute Gasteiger partial charge is 0.341 e. The number of quaternary nitrogens is 1. The van der Waals surface area contributed by atoms with Gasteiger partial charge in [0.1, 0.15) is 30.3 Å². The first-order chi connectivity index (χ1) is 12.5. The van der Waals surface area contributed by atoms with E-state index in [-0.39, 0.29) is 24.1 Å². The summed E-state index contributed by atoms with van der Waals surface area (Å²) >= 11 is 1.54. The number of fused-ring (bicyclic) bond motifs is 1. The van der Waals surface area contributed by atoms with E-state index in [1.165, 1.54) is 23.3 Å². The summed E-state index contributed by atoms with van der Waals surface area (Å²) in [5, 5.41) is 3.65. The van der Waals surface area contributed by atoms with Crippen LogP contribution in [0.5, 0.6) is 0 Å². The summed E-state index contributed by atoms with van der Waals surface area (Å²) in [6.07, 6.45) is 5.57. The van der Waals surface area contributed by atoms with Crippen LogP contribution in [-0.2, 0) is 27.1 Å². The van der Waals surface area contributed by atoms with E-state index in [0.717, 1.165) is 44.3 Å². The number of nitrogens with one attached hydrogen (secondary N) is 2. The van der Waals surface area contributed by atoms with Crippen molar-refractivity contribution in [3.05, 3.63) is 16.0 Å². The molecule has 0 unspecified atom stereocenters. The maximum absolute atomic E-state index is 12.6. The lowest BCUT2D eigenvalue weighted by atomic mass is 10.1. The third kappa shape index (κ3) is 4.45. The minimum atomic E-state index is -0.347. The zero-order valence-electron chi connectivity index (χ0n) is 15.9. The summed E-state index contributed by atoms with van der Waals surface area (Å²) < 4.78 is 10.7. The largest absolute Gasteiger partial charge is 0.465 e. The van der Waals surface area contributed by atoms with Crippen LogP contribution in [0.2, 0.25) is 0 Å². The fourth-order valence-electron chi connectivity index (χ4n) is 4.08. The van der Waals surface area contributed by atoms with E-state index in [4.69, 9.17) is 9.47 Å². The highest BCUT2D eigenvalue weighted by Crippen LogP contribution is 2.37. The number of carbonyl (C=O) groups excluding carboxylic acids is 2. The Morgan fingerprint density at radius 1 is 1.19 bits per heavy atom. The van der Waals surface area contributed by atoms with Crippen molar-refractivity contribution in [3.63, 3.8) is 0 Å². The minimum Gasteiger partial charge on any atom is -0.465 e. The van der Waals surface area contributed by atoms with Gasteiger partial charge in [-0.1, -0.05) is 6.42 Å². The number of thiophene rings is 1. The van der Waals surface area contributed by atoms with Crippen LogP contribution in [0.4, 0.5) is 5.00 Å². The molecule has 6 nitrogen and oxygen atoms in total. The van der Waals surface area contributed by atoms with Gasteiger partial charge in [-0.2, -0.15) is 0 Å². The standard InChI is InChI=1S/C19H28N2O4S/c1-12-9-21(10-13(2)25-12)11-16(22)20-18-17(19(23)24-3)14-7-5-4-6-8-15(14)26-18/h12-13H,4-11H2,1-3H3,(H,20,22)/p+1/t12-,13-/m0/s1. The molecule has 1 aliphatic heterocycles. The number of rotatable bonds is 4. The summed E-state index contributed by atoms with van der Waals surface area (Å²) in [5.41, 5.74) is 1.65. The molecule has 0 saturated carbocycles. The van der Waals surface area contributed by atoms with Crippen molar-refractivity contribution in [2.75, 3.05) is 32.1 Å². The van der Waals surface area contributed by atoms with Crippen LogP contribution in [0, 0.1) is 0 Å². The number of amides is 1. The zero-order valence-corrected chi connectivity index (χ0v) is 16.7. The number of anilines is 1. The average molecular weight is 382 g/mol. The molecule has 2 N–H and O–H groups in total. The highest BCUT2D eigenvalue weighted by atomic mass is 32.1. The fourth-order valence-corrected chi connectivity index (χ4v) is 5.37. The van der Waals surface area contributed by atoms with E-state index < -0.39 is 0 Å². The second-order valence-electron chi connectivity index (χ2n) is 7.40. The number of ether oxygens (including phenoxy) is 2. The van der Waals surface area contributed by atoms with Crippen molar-refractivity contribution in [1.29, 1.82) is 0 Å². The van der Waals surface area contributed by atoms with E-state index in [0.29, 0.717) is 17.1 Å². The molecule has 1 aliphatic carbocycles. The van der Waals surface area contributed by atoms with Gasteiger partial charge in [0.05, 0.1) is 12.7 Å². The van der Waals surface area contributed by atoms with Crippen LogP contribution in [0.3, 0.4) is 0 Å². The fraction of sp³-hybridized carbons (Fsp3) is 0.684. The summed E-state index contributed by atoms with van der Waals surface area (Å²) in [6.45, 7) is 6.12. The predicted octanol–water partition coefficient (Wildman–Crippen LogP) is 1.43. The number of carbonyl (C=O) groups is 2. The highest BCUT2D eigenvalue weighted by molar-refractivity contribution is 7.17. The third-order valence-electron chi connectivity index (χ3n) is 5.09. The SMILES string of the molecule is COC(=O)c1c(NC(=O)C[NH+]2C[C@H](C)O[C@@H](C)C2)sc2c1CCCCC2. The number of esters is 1. The van der Waals surface area contributed by atoms with Gasteiger partial charge in [0, 0.05) is 4.88 Å². The topological polar surface area (TPSA) is 69.1 Å². The summed E-state index contributed by atoms with van der Waals surface area (Å²) in [5.74, 6) is -0.400. The van der Waals surface area contributed by atoms with Crippen LogP contribution in [-0.4, -0.2) is 50.8 Å². The normalized spacial score (nSPS) is 25.9. The van der Waals surface area contributed by atoms with E-state index in [1.807, 2.05) is 13.8 Å². The van der Waals surface area contributed by atoms with Crippen molar-refractivity contribution >= 4 is 28.2 Å². The monoisotopic (exact) mass is 381 g/mol. The Labute approximate surface area is 158 Å². The van der Waals surface area contributed by atoms with Crippen molar-refractivity contribution in [2.45, 2.75) is 58.2 Å². The Morgan fingerprint density at radius 2 is 1.88 bits per heavy atom. The van der Waals surface area contributed by atoms with E-state index in [2.05, 4.69) is 5.32 Å². The van der Waals surface area contributed by atoms with Crippen LogP contribution in [0.25, 0.3) is 0 Å². The summed E-state index contributed by atoms with van der Waals surface area (Å²) in [7, 11) is 1.40. The van der Waals surface area contributed by atoms with Crippen molar-refractivity contribution in [1.82, 2.24) is 0 Å². The zero-order chi connectivity index (χ0) is 18.7. The van der Waals surface area contributed by atoms with Gasteiger partial charge in [0.25, 0.3) is 5.91 Å². The van der Waals surface area contributed by atoms with E-state index in [9.17, 15) is 9.59 Å². The molecule has 0 aromatic carbocycles. The maximum Gasteiger partial charge on any atom is 0.341 e. The van der Waals surface area contributed by atoms with Gasteiger partial charge in [-0.05, 0) is 45.1 Å². The lowest BCUT2D eigenvalue weighted by Gasteiger charge is -2.31. The van der Waals surface area contributed by atoms with Gasteiger partial charge in [-0.25, -0.2) is 4.79 Å². The molecule has 0 bridgehead atoms. The minimum absolute atomic E-state index is 0.0529. The van der Waals surface area contributed by atoms with Crippen molar-refractivity contribution in [3.8, 4) is 0 Å². The Balaban J connectivity index is 1.74. The maximum atomic E-state index is 12.6. The van der Waals surface area contributed by atoms with Crippen LogP contribution < -0.4 is 10.2 Å². The Kier molecular flexibility index (Phi) is 6.32. The molecule has 1 aromatic heterocycles. The molecule has 2 atom stereocenters. The van der Waals surface area contributed by atoms with Gasteiger partial charge < -0.3 is 19.7 Å². The molecule has 3 rings (SSSR count). The Bertz CT molecular complexity index is 663. The summed E-state index contributed by atoms with van der Waals surface area (Å²) in [6, 6.07) is 0. The van der Waals surface area contributed by atoms with E-state index in [1.54, 1.807) is 11.3 Å². The Morgan fingerprint density at radius 3 is 2.58 bits per heavy atom. The van der Waals surface area contributed by atoms with Gasteiger partial charge in [0.2, 0.25) is 0 Å². The first-order valence-electron chi connectivity index (χ1n) is 9.49. The van der Waals surface area contributed by atoms with Crippen LogP contribution >= 0.6 is 11.3 Å². The molecule has 1 saturated heterocycles. The van der Waals surface area contributed by atoms with Crippen molar-refractivity contribution in [2.24, 2.45) is 0 Å². The Hall–Kier alpha value is -1.44. The molecule has 1 aromatic rings. The van der Waals surface area contributed by atoms with Gasteiger partial charge >= 0.3 is 5.97 Å². The molecule has 7 heteroatoms. The van der Waals surface area contributed by atoms with Gasteiger partial charge in [-0.15, -0.1) is 11.3 Å². The number of hydrogen-bond acceptors (Lipinski definition) is 5. The van der Waals surface area contributed by atoms with Gasteiger partial charge in [-0.3, -0.25) is 4.79 Å². The molecule has 1 amide bonds. The molecule has 26 heavy (non-hydrogen) atoms. The molecular formula is C19H29N2O4S+. The predicted molar refractivity (Wildman–Crippen MR) is 101 cm³/mol. The first kappa shape index (κ1) is 19.3. The lowest BCUT2D eigenvalue weighted by molar-refractivity contribution is -0.907. The first-order valence-corrected chi connectivity index (χ1v) is 10.3. The van der Waals surface area contributed by atoms with Gasteiger partial charge in [0.15, 0.2) is 6.54 Å². The van der Waals surface area contributed by atoms with E-state index >= 15 is 0 Å². The third-order valence-corrected chi connectivity index (χ3v) is 6.30. The summed E-state index contributed by atoms with van der Waals surface area (Å²) in [4.78, 5) is 27.4. The number of methoxy groups -OCH3 is 1. The molecule has 2 heterocycles.